The van der Waals surface area contributed by atoms with Crippen molar-refractivity contribution in [1.29, 1.82) is 0 Å². The fourth-order valence-electron chi connectivity index (χ4n) is 1.98. The van der Waals surface area contributed by atoms with E-state index in [-0.39, 0.29) is 24.4 Å². The van der Waals surface area contributed by atoms with Gasteiger partial charge in [0.1, 0.15) is 11.6 Å². The molecule has 1 heterocycles. The average Bonchev–Trinajstić information content (AvgIpc) is 2.37. The van der Waals surface area contributed by atoms with Crippen LogP contribution in [0, 0.1) is 5.82 Å². The lowest BCUT2D eigenvalue weighted by molar-refractivity contribution is 0.268. The van der Waals surface area contributed by atoms with E-state index in [1.165, 1.54) is 12.1 Å². The molecule has 0 aliphatic carbocycles. The Bertz CT molecular complexity index is 571. The minimum atomic E-state index is -0.371. The summed E-state index contributed by atoms with van der Waals surface area (Å²) in [7, 11) is 0. The van der Waals surface area contributed by atoms with Crippen LogP contribution in [-0.2, 0) is 0 Å². The Balaban J connectivity index is 2.41. The van der Waals surface area contributed by atoms with Crippen molar-refractivity contribution in [3.05, 3.63) is 24.0 Å². The molecular weight excluding hydrogens is 247 g/mol. The highest BCUT2D eigenvalue weighted by Gasteiger charge is 2.11. The van der Waals surface area contributed by atoms with Crippen molar-refractivity contribution in [2.75, 3.05) is 17.7 Å². The van der Waals surface area contributed by atoms with Gasteiger partial charge < -0.3 is 16.2 Å². The summed E-state index contributed by atoms with van der Waals surface area (Å²) in [6.45, 7) is 2.03. The number of benzene rings is 1. The zero-order valence-electron chi connectivity index (χ0n) is 10.7. The van der Waals surface area contributed by atoms with Gasteiger partial charge in [-0.1, -0.05) is 13.3 Å². The van der Waals surface area contributed by atoms with Crippen LogP contribution in [0.3, 0.4) is 0 Å². The standard InChI is InChI=1S/C13H17FN4O/c1-2-3-9(7-19)16-12-10-5-4-8(14)6-11(10)17-13(15)18-12/h4-6,9,19H,2-3,7H2,1H3,(H3,15,16,17,18). The number of rotatable bonds is 5. The van der Waals surface area contributed by atoms with Crippen LogP contribution in [-0.4, -0.2) is 27.7 Å². The zero-order valence-corrected chi connectivity index (χ0v) is 10.7. The Labute approximate surface area is 110 Å². The Morgan fingerprint density at radius 1 is 1.42 bits per heavy atom. The number of nitrogens with two attached hydrogens (primary N) is 1. The predicted octanol–water partition coefficient (Wildman–Crippen LogP) is 1.92. The molecule has 0 bridgehead atoms. The van der Waals surface area contributed by atoms with Crippen LogP contribution in [0.4, 0.5) is 16.2 Å². The first-order chi connectivity index (χ1) is 9.13. The summed E-state index contributed by atoms with van der Waals surface area (Å²) < 4.78 is 13.2. The molecular formula is C13H17FN4O. The first kappa shape index (κ1) is 13.5. The molecule has 1 aromatic carbocycles. The van der Waals surface area contributed by atoms with Gasteiger partial charge >= 0.3 is 0 Å². The molecule has 0 saturated carbocycles. The van der Waals surface area contributed by atoms with Gasteiger partial charge in [-0.15, -0.1) is 0 Å². The van der Waals surface area contributed by atoms with Crippen LogP contribution in [0.2, 0.25) is 0 Å². The van der Waals surface area contributed by atoms with Crippen LogP contribution in [0.1, 0.15) is 19.8 Å². The van der Waals surface area contributed by atoms with E-state index in [4.69, 9.17) is 5.73 Å². The molecule has 6 heteroatoms. The number of aliphatic hydroxyl groups is 1. The van der Waals surface area contributed by atoms with E-state index < -0.39 is 0 Å². The summed E-state index contributed by atoms with van der Waals surface area (Å²) in [5, 5.41) is 13.1. The molecule has 0 radical (unpaired) electrons. The third kappa shape index (κ3) is 3.08. The van der Waals surface area contributed by atoms with E-state index in [9.17, 15) is 9.50 Å². The lowest BCUT2D eigenvalue weighted by atomic mass is 10.1. The van der Waals surface area contributed by atoms with Crippen LogP contribution < -0.4 is 11.1 Å². The number of nitrogens with one attached hydrogen (secondary N) is 1. The Morgan fingerprint density at radius 3 is 2.89 bits per heavy atom. The Kier molecular flexibility index (Phi) is 4.11. The lowest BCUT2D eigenvalue weighted by Gasteiger charge is -2.17. The highest BCUT2D eigenvalue weighted by molar-refractivity contribution is 5.90. The van der Waals surface area contributed by atoms with E-state index in [1.54, 1.807) is 6.07 Å². The van der Waals surface area contributed by atoms with E-state index in [0.29, 0.717) is 16.7 Å². The van der Waals surface area contributed by atoms with Crippen molar-refractivity contribution < 1.29 is 9.50 Å². The maximum Gasteiger partial charge on any atom is 0.222 e. The number of anilines is 2. The van der Waals surface area contributed by atoms with Gasteiger partial charge in [0.2, 0.25) is 5.95 Å². The van der Waals surface area contributed by atoms with Crippen molar-refractivity contribution in [3.8, 4) is 0 Å². The highest BCUT2D eigenvalue weighted by atomic mass is 19.1. The quantitative estimate of drug-likeness (QED) is 0.768. The van der Waals surface area contributed by atoms with E-state index >= 15 is 0 Å². The summed E-state index contributed by atoms with van der Waals surface area (Å²) in [6.07, 6.45) is 1.74. The molecule has 2 aromatic rings. The normalized spacial score (nSPS) is 12.6. The second-order valence-corrected chi connectivity index (χ2v) is 4.40. The number of hydrogen-bond acceptors (Lipinski definition) is 5. The topological polar surface area (TPSA) is 84.1 Å². The number of aliphatic hydroxyl groups excluding tert-OH is 1. The molecule has 0 aliphatic heterocycles. The van der Waals surface area contributed by atoms with Gasteiger partial charge in [-0.2, -0.15) is 4.98 Å². The van der Waals surface area contributed by atoms with Gasteiger partial charge in [0, 0.05) is 11.5 Å². The van der Waals surface area contributed by atoms with Crippen LogP contribution in [0.25, 0.3) is 10.9 Å². The molecule has 0 saturated heterocycles. The van der Waals surface area contributed by atoms with Crippen molar-refractivity contribution in [2.45, 2.75) is 25.8 Å². The molecule has 1 unspecified atom stereocenters. The van der Waals surface area contributed by atoms with E-state index in [2.05, 4.69) is 15.3 Å². The van der Waals surface area contributed by atoms with Gasteiger partial charge in [0.15, 0.2) is 0 Å². The molecule has 1 aromatic heterocycles. The van der Waals surface area contributed by atoms with Crippen molar-refractivity contribution in [1.82, 2.24) is 9.97 Å². The van der Waals surface area contributed by atoms with Crippen LogP contribution in [0.15, 0.2) is 18.2 Å². The number of hydrogen-bond donors (Lipinski definition) is 3. The minimum Gasteiger partial charge on any atom is -0.394 e. The fraction of sp³-hybridized carbons (Fsp3) is 0.385. The van der Waals surface area contributed by atoms with Crippen molar-refractivity contribution in [2.24, 2.45) is 0 Å². The zero-order chi connectivity index (χ0) is 13.8. The molecule has 0 aliphatic rings. The first-order valence-electron chi connectivity index (χ1n) is 6.24. The number of aromatic nitrogens is 2. The van der Waals surface area contributed by atoms with Crippen LogP contribution >= 0.6 is 0 Å². The molecule has 5 nitrogen and oxygen atoms in total. The fourth-order valence-corrected chi connectivity index (χ4v) is 1.98. The largest absolute Gasteiger partial charge is 0.394 e. The third-order valence-corrected chi connectivity index (χ3v) is 2.87. The Hall–Kier alpha value is -1.95. The molecule has 0 fully saturated rings. The molecule has 19 heavy (non-hydrogen) atoms. The van der Waals surface area contributed by atoms with Gasteiger partial charge in [0.25, 0.3) is 0 Å². The molecule has 2 rings (SSSR count). The monoisotopic (exact) mass is 264 g/mol. The van der Waals surface area contributed by atoms with E-state index in [1.807, 2.05) is 6.92 Å². The van der Waals surface area contributed by atoms with Gasteiger partial charge in [-0.05, 0) is 18.6 Å². The molecule has 102 valence electrons. The van der Waals surface area contributed by atoms with Gasteiger partial charge in [0.05, 0.1) is 18.2 Å². The Morgan fingerprint density at radius 2 is 2.21 bits per heavy atom. The third-order valence-electron chi connectivity index (χ3n) is 2.87. The first-order valence-corrected chi connectivity index (χ1v) is 6.24. The average molecular weight is 264 g/mol. The smallest absolute Gasteiger partial charge is 0.222 e. The number of fused-ring (bicyclic) bond motifs is 1. The summed E-state index contributed by atoms with van der Waals surface area (Å²) in [4.78, 5) is 8.12. The predicted molar refractivity (Wildman–Crippen MR) is 73.3 cm³/mol. The maximum atomic E-state index is 13.2. The number of nitrogens with zero attached hydrogens (tertiary/aromatic N) is 2. The van der Waals surface area contributed by atoms with Crippen LogP contribution in [0.5, 0.6) is 0 Å². The summed E-state index contributed by atoms with van der Waals surface area (Å²) in [6, 6.07) is 4.16. The van der Waals surface area contributed by atoms with Gasteiger partial charge in [-0.3, -0.25) is 0 Å². The SMILES string of the molecule is CCCC(CO)Nc1nc(N)nc2cc(F)ccc12. The van der Waals surface area contributed by atoms with Crippen molar-refractivity contribution >= 4 is 22.7 Å². The second-order valence-electron chi connectivity index (χ2n) is 4.40. The second kappa shape index (κ2) is 5.79. The lowest BCUT2D eigenvalue weighted by Crippen LogP contribution is -2.24. The molecule has 1 atom stereocenters. The minimum absolute atomic E-state index is 0.000432. The maximum absolute atomic E-state index is 13.2. The highest BCUT2D eigenvalue weighted by Crippen LogP contribution is 2.23. The van der Waals surface area contributed by atoms with E-state index in [0.717, 1.165) is 12.8 Å². The summed E-state index contributed by atoms with van der Waals surface area (Å²) in [5.74, 6) is 0.229. The van der Waals surface area contributed by atoms with Crippen molar-refractivity contribution in [3.63, 3.8) is 0 Å². The number of nitrogen functional groups attached to an aromatic ring is 1. The number of halogens is 1. The molecule has 0 spiro atoms. The molecule has 0 amide bonds. The van der Waals surface area contributed by atoms with Gasteiger partial charge in [-0.25, -0.2) is 9.37 Å². The summed E-state index contributed by atoms with van der Waals surface area (Å²) >= 11 is 0. The summed E-state index contributed by atoms with van der Waals surface area (Å²) in [5.41, 5.74) is 6.07. The molecule has 4 N–H and O–H groups in total.